The summed E-state index contributed by atoms with van der Waals surface area (Å²) in [6.07, 6.45) is 1.29. The molecule has 154 valence electrons. The van der Waals surface area contributed by atoms with Crippen LogP contribution in [-0.4, -0.2) is 39.3 Å². The number of benzene rings is 2. The first kappa shape index (κ1) is 21.5. The van der Waals surface area contributed by atoms with E-state index in [9.17, 15) is 29.6 Å². The summed E-state index contributed by atoms with van der Waals surface area (Å²) in [7, 11) is 0. The molecular formula is C18H12Br2N4O6. The van der Waals surface area contributed by atoms with Crippen molar-refractivity contribution in [3.8, 4) is 5.75 Å². The number of anilines is 1. The topological polar surface area (TPSA) is 142 Å². The fourth-order valence-electron chi connectivity index (χ4n) is 2.58. The summed E-state index contributed by atoms with van der Waals surface area (Å²) in [5.41, 5.74) is 0.303. The molecule has 30 heavy (non-hydrogen) atoms. The average Bonchev–Trinajstić information content (AvgIpc) is 2.93. The molecule has 12 heteroatoms. The second kappa shape index (κ2) is 8.63. The van der Waals surface area contributed by atoms with E-state index in [4.69, 9.17) is 0 Å². The molecule has 2 aromatic carbocycles. The molecule has 0 atom stereocenters. The molecule has 4 amide bonds. The molecule has 0 saturated carbocycles. The number of nitrogens with one attached hydrogen (secondary N) is 2. The summed E-state index contributed by atoms with van der Waals surface area (Å²) in [6.45, 7) is -0.562. The van der Waals surface area contributed by atoms with Crippen LogP contribution >= 0.6 is 31.9 Å². The Morgan fingerprint density at radius 2 is 1.90 bits per heavy atom. The number of phenolic OH excluding ortho intramolecular Hbond substituents is 1. The Balaban J connectivity index is 1.72. The van der Waals surface area contributed by atoms with E-state index in [2.05, 4.69) is 42.5 Å². The lowest BCUT2D eigenvalue weighted by Crippen LogP contribution is -2.38. The van der Waals surface area contributed by atoms with E-state index in [1.807, 2.05) is 0 Å². The molecule has 0 radical (unpaired) electrons. The monoisotopic (exact) mass is 538 g/mol. The predicted octanol–water partition coefficient (Wildman–Crippen LogP) is 3.36. The molecule has 1 aliphatic heterocycles. The Labute approximate surface area is 186 Å². The molecule has 0 bridgehead atoms. The fraction of sp³-hybridized carbons (Fsp3) is 0.0556. The molecule has 1 fully saturated rings. The number of urea groups is 1. The van der Waals surface area contributed by atoms with Crippen molar-refractivity contribution in [2.45, 2.75) is 0 Å². The lowest BCUT2D eigenvalue weighted by molar-refractivity contribution is -0.384. The molecule has 2 aromatic rings. The lowest BCUT2D eigenvalue weighted by atomic mass is 10.1. The molecule has 0 spiro atoms. The zero-order chi connectivity index (χ0) is 22.0. The number of nitro groups is 1. The summed E-state index contributed by atoms with van der Waals surface area (Å²) in [5, 5.41) is 25.6. The lowest BCUT2D eigenvalue weighted by Gasteiger charge is -2.11. The third-order valence-electron chi connectivity index (χ3n) is 3.98. The number of aromatic hydroxyl groups is 1. The zero-order valence-corrected chi connectivity index (χ0v) is 18.1. The van der Waals surface area contributed by atoms with E-state index in [1.165, 1.54) is 30.3 Å². The number of carbonyl (C=O) groups is 3. The minimum atomic E-state index is -0.793. The molecular weight excluding hydrogens is 528 g/mol. The van der Waals surface area contributed by atoms with E-state index in [-0.39, 0.29) is 28.4 Å². The van der Waals surface area contributed by atoms with Crippen LogP contribution in [0.4, 0.5) is 16.2 Å². The Hall–Kier alpha value is -3.25. The molecule has 3 N–H and O–H groups in total. The van der Waals surface area contributed by atoms with Gasteiger partial charge in [0.1, 0.15) is 18.0 Å². The van der Waals surface area contributed by atoms with E-state index < -0.39 is 29.3 Å². The molecule has 0 aromatic heterocycles. The van der Waals surface area contributed by atoms with Crippen LogP contribution in [0.25, 0.3) is 6.08 Å². The van der Waals surface area contributed by atoms with Gasteiger partial charge in [-0.25, -0.2) is 9.69 Å². The summed E-state index contributed by atoms with van der Waals surface area (Å²) < 4.78 is 1.02. The van der Waals surface area contributed by atoms with Crippen LogP contribution in [0.2, 0.25) is 0 Å². The third kappa shape index (κ3) is 4.66. The van der Waals surface area contributed by atoms with Crippen molar-refractivity contribution in [3.63, 3.8) is 0 Å². The van der Waals surface area contributed by atoms with Crippen LogP contribution in [-0.2, 0) is 9.59 Å². The molecule has 1 saturated heterocycles. The van der Waals surface area contributed by atoms with Crippen LogP contribution in [0.1, 0.15) is 5.56 Å². The molecule has 0 aliphatic carbocycles. The van der Waals surface area contributed by atoms with Gasteiger partial charge in [-0.1, -0.05) is 15.9 Å². The van der Waals surface area contributed by atoms with Gasteiger partial charge in [-0.2, -0.15) is 0 Å². The number of halogens is 2. The Kier molecular flexibility index (Phi) is 6.17. The van der Waals surface area contributed by atoms with Gasteiger partial charge in [0, 0.05) is 27.9 Å². The van der Waals surface area contributed by atoms with Gasteiger partial charge in [0.2, 0.25) is 5.91 Å². The smallest absolute Gasteiger partial charge is 0.329 e. The first-order valence-electron chi connectivity index (χ1n) is 8.22. The van der Waals surface area contributed by atoms with Gasteiger partial charge in [0.25, 0.3) is 11.6 Å². The van der Waals surface area contributed by atoms with Crippen molar-refractivity contribution >= 4 is 67.2 Å². The van der Waals surface area contributed by atoms with Gasteiger partial charge in [-0.3, -0.25) is 19.7 Å². The number of rotatable bonds is 5. The van der Waals surface area contributed by atoms with E-state index in [0.717, 1.165) is 0 Å². The van der Waals surface area contributed by atoms with E-state index in [0.29, 0.717) is 13.8 Å². The van der Waals surface area contributed by atoms with Crippen molar-refractivity contribution in [2.24, 2.45) is 0 Å². The molecule has 1 aliphatic rings. The summed E-state index contributed by atoms with van der Waals surface area (Å²) >= 11 is 6.45. The highest BCUT2D eigenvalue weighted by atomic mass is 79.9. The Morgan fingerprint density at radius 1 is 1.23 bits per heavy atom. The first-order valence-corrected chi connectivity index (χ1v) is 9.81. The maximum Gasteiger partial charge on any atom is 0.329 e. The second-order valence-electron chi connectivity index (χ2n) is 6.06. The summed E-state index contributed by atoms with van der Waals surface area (Å²) in [6, 6.07) is 7.47. The second-order valence-corrected chi connectivity index (χ2v) is 7.83. The number of carbonyl (C=O) groups excluding carboxylic acids is 3. The largest absolute Gasteiger partial charge is 0.506 e. The highest BCUT2D eigenvalue weighted by Gasteiger charge is 2.35. The number of amides is 4. The highest BCUT2D eigenvalue weighted by Crippen LogP contribution is 2.33. The third-order valence-corrected chi connectivity index (χ3v) is 5.05. The van der Waals surface area contributed by atoms with Gasteiger partial charge in [-0.15, -0.1) is 0 Å². The number of hydrogen-bond donors (Lipinski definition) is 3. The Bertz CT molecular complexity index is 1100. The first-order chi connectivity index (χ1) is 14.2. The summed E-state index contributed by atoms with van der Waals surface area (Å²) in [5.74, 6) is -1.53. The number of nitrogens with zero attached hydrogens (tertiary/aromatic N) is 2. The highest BCUT2D eigenvalue weighted by molar-refractivity contribution is 9.11. The fourth-order valence-corrected chi connectivity index (χ4v) is 3.84. The number of phenols is 1. The standard InChI is InChI=1S/C18H12Br2N4O6/c19-10-5-9(16(26)13(20)7-10)6-14-17(27)23(18(28)22-14)8-15(25)21-11-1-3-12(4-2-11)24(29)30/h1-7,26H,8H2,(H,21,25)(H,22,28)/b14-6-. The van der Waals surface area contributed by atoms with Crippen LogP contribution in [0, 0.1) is 10.1 Å². The summed E-state index contributed by atoms with van der Waals surface area (Å²) in [4.78, 5) is 47.6. The van der Waals surface area contributed by atoms with Gasteiger partial charge in [-0.05, 0) is 46.3 Å². The maximum absolute atomic E-state index is 12.5. The predicted molar refractivity (Wildman–Crippen MR) is 113 cm³/mol. The maximum atomic E-state index is 12.5. The van der Waals surface area contributed by atoms with Crippen LogP contribution < -0.4 is 10.6 Å². The number of non-ortho nitro benzene ring substituents is 1. The molecule has 1 heterocycles. The van der Waals surface area contributed by atoms with Crippen LogP contribution in [0.5, 0.6) is 5.75 Å². The van der Waals surface area contributed by atoms with Crippen molar-refractivity contribution in [2.75, 3.05) is 11.9 Å². The number of nitro benzene ring substituents is 1. The molecule has 3 rings (SSSR count). The SMILES string of the molecule is O=C(CN1C(=O)N/C(=C\c2cc(Br)cc(Br)c2O)C1=O)Nc1ccc([N+](=O)[O-])cc1. The molecule has 0 unspecified atom stereocenters. The van der Waals surface area contributed by atoms with E-state index >= 15 is 0 Å². The number of hydrogen-bond acceptors (Lipinski definition) is 6. The van der Waals surface area contributed by atoms with Gasteiger partial charge < -0.3 is 15.7 Å². The Morgan fingerprint density at radius 3 is 2.53 bits per heavy atom. The zero-order valence-electron chi connectivity index (χ0n) is 14.9. The van der Waals surface area contributed by atoms with Crippen LogP contribution in [0.3, 0.4) is 0 Å². The van der Waals surface area contributed by atoms with Crippen molar-refractivity contribution in [1.29, 1.82) is 0 Å². The minimum absolute atomic E-state index is 0.108. The normalized spacial score (nSPS) is 14.7. The minimum Gasteiger partial charge on any atom is -0.506 e. The van der Waals surface area contributed by atoms with Crippen LogP contribution in [0.15, 0.2) is 51.0 Å². The average molecular weight is 540 g/mol. The van der Waals surface area contributed by atoms with Crippen molar-refractivity contribution in [1.82, 2.24) is 10.2 Å². The number of imide groups is 1. The molecule has 10 nitrogen and oxygen atoms in total. The quantitative estimate of drug-likeness (QED) is 0.230. The van der Waals surface area contributed by atoms with E-state index in [1.54, 1.807) is 12.1 Å². The van der Waals surface area contributed by atoms with Crippen molar-refractivity contribution in [3.05, 3.63) is 66.7 Å². The van der Waals surface area contributed by atoms with Gasteiger partial charge in [0.05, 0.1) is 9.40 Å². The van der Waals surface area contributed by atoms with Gasteiger partial charge >= 0.3 is 6.03 Å². The van der Waals surface area contributed by atoms with Crippen molar-refractivity contribution < 1.29 is 24.4 Å². The van der Waals surface area contributed by atoms with Gasteiger partial charge in [0.15, 0.2) is 0 Å².